The van der Waals surface area contributed by atoms with E-state index in [1.165, 1.54) is 0 Å². The van der Waals surface area contributed by atoms with Gasteiger partial charge in [-0.2, -0.15) is 5.48 Å². The first kappa shape index (κ1) is 17.4. The molecule has 23 heavy (non-hydrogen) atoms. The van der Waals surface area contributed by atoms with E-state index in [0.717, 1.165) is 45.3 Å². The minimum Gasteiger partial charge on any atom is -0.313 e. The monoisotopic (exact) mass is 333 g/mol. The summed E-state index contributed by atoms with van der Waals surface area (Å²) in [7, 11) is 0. The molecule has 3 rings (SSSR count). The van der Waals surface area contributed by atoms with Crippen LogP contribution in [0.15, 0.2) is 0 Å². The van der Waals surface area contributed by atoms with E-state index < -0.39 is 12.7 Å². The van der Waals surface area contributed by atoms with Crippen molar-refractivity contribution in [2.75, 3.05) is 19.6 Å². The summed E-state index contributed by atoms with van der Waals surface area (Å²) in [6.07, 6.45) is 0.842. The van der Waals surface area contributed by atoms with Crippen LogP contribution in [0.1, 0.15) is 32.6 Å². The maximum absolute atomic E-state index is 12.6. The van der Waals surface area contributed by atoms with Gasteiger partial charge in [0, 0.05) is 25.7 Å². The van der Waals surface area contributed by atoms with Crippen molar-refractivity contribution in [3.05, 3.63) is 0 Å². The van der Waals surface area contributed by atoms with Gasteiger partial charge in [0.15, 0.2) is 6.23 Å². The van der Waals surface area contributed by atoms with Gasteiger partial charge in [0.05, 0.1) is 12.3 Å². The van der Waals surface area contributed by atoms with Crippen LogP contribution < -0.4 is 26.7 Å². The quantitative estimate of drug-likeness (QED) is 0.500. The highest BCUT2D eigenvalue weighted by molar-refractivity contribution is 4.87. The molecule has 1 saturated carbocycles. The third-order valence-corrected chi connectivity index (χ3v) is 5.39. The van der Waals surface area contributed by atoms with Crippen molar-refractivity contribution in [2.24, 2.45) is 11.8 Å². The molecule has 5 N–H and O–H groups in total. The molecular formula is C15H29F2N5O. The molecule has 0 spiro atoms. The van der Waals surface area contributed by atoms with E-state index >= 15 is 0 Å². The molecule has 3 aliphatic rings. The van der Waals surface area contributed by atoms with Crippen molar-refractivity contribution in [1.29, 1.82) is 0 Å². The zero-order valence-electron chi connectivity index (χ0n) is 13.7. The third-order valence-electron chi connectivity index (χ3n) is 5.39. The van der Waals surface area contributed by atoms with Crippen LogP contribution in [0.4, 0.5) is 8.78 Å². The van der Waals surface area contributed by atoms with E-state index in [2.05, 4.69) is 33.7 Å². The Bertz CT molecular complexity index is 362. The van der Waals surface area contributed by atoms with E-state index in [9.17, 15) is 8.78 Å². The molecule has 1 aliphatic carbocycles. The Labute approximate surface area is 136 Å². The van der Waals surface area contributed by atoms with Crippen LogP contribution in [0.25, 0.3) is 0 Å². The molecule has 0 aromatic rings. The summed E-state index contributed by atoms with van der Waals surface area (Å²) in [5.74, 6) is 1.000. The molecule has 0 bridgehead atoms. The van der Waals surface area contributed by atoms with Crippen molar-refractivity contribution in [3.63, 3.8) is 0 Å². The zero-order valence-corrected chi connectivity index (χ0v) is 13.7. The molecule has 134 valence electrons. The summed E-state index contributed by atoms with van der Waals surface area (Å²) in [6.45, 7) is 5.24. The summed E-state index contributed by atoms with van der Waals surface area (Å²) >= 11 is 0. The molecule has 4 atom stereocenters. The molecule has 0 aromatic heterocycles. The summed E-state index contributed by atoms with van der Waals surface area (Å²) in [5, 5.41) is 13.4. The average Bonchev–Trinajstić information content (AvgIpc) is 3.06. The van der Waals surface area contributed by atoms with Gasteiger partial charge in [0.2, 0.25) is 0 Å². The highest BCUT2D eigenvalue weighted by Gasteiger charge is 2.37. The van der Waals surface area contributed by atoms with Crippen LogP contribution in [-0.4, -0.2) is 50.7 Å². The summed E-state index contributed by atoms with van der Waals surface area (Å²) in [6, 6.07) is 0.461. The van der Waals surface area contributed by atoms with Crippen LogP contribution in [-0.2, 0) is 4.84 Å². The van der Waals surface area contributed by atoms with Gasteiger partial charge in [0.1, 0.15) is 0 Å². The summed E-state index contributed by atoms with van der Waals surface area (Å²) in [5.41, 5.74) is 2.74. The van der Waals surface area contributed by atoms with Crippen LogP contribution >= 0.6 is 0 Å². The smallest absolute Gasteiger partial charge is 0.279 e. The Hall–Kier alpha value is -0.380. The number of hydroxylamine groups is 1. The van der Waals surface area contributed by atoms with Gasteiger partial charge in [-0.1, -0.05) is 0 Å². The average molecular weight is 333 g/mol. The molecule has 2 heterocycles. The Balaban J connectivity index is 1.39. The SMILES string of the molecule is C[C@@H](NC1CNCCN1)C1CCC(C2NOC(C(F)F)N2)CC1. The minimum atomic E-state index is -2.50. The van der Waals surface area contributed by atoms with Crippen LogP contribution in [0.5, 0.6) is 0 Å². The number of nitrogens with one attached hydrogen (secondary N) is 5. The normalized spacial score (nSPS) is 40.4. The van der Waals surface area contributed by atoms with Gasteiger partial charge in [-0.15, -0.1) is 0 Å². The first-order chi connectivity index (χ1) is 11.1. The topological polar surface area (TPSA) is 69.4 Å². The summed E-state index contributed by atoms with van der Waals surface area (Å²) in [4.78, 5) is 4.92. The second-order valence-corrected chi connectivity index (χ2v) is 6.98. The Kier molecular flexibility index (Phi) is 6.17. The number of hydrogen-bond donors (Lipinski definition) is 5. The molecule has 2 saturated heterocycles. The van der Waals surface area contributed by atoms with E-state index in [1.807, 2.05) is 0 Å². The number of alkyl halides is 2. The fourth-order valence-electron chi connectivity index (χ4n) is 3.95. The second-order valence-electron chi connectivity index (χ2n) is 6.98. The second kappa shape index (κ2) is 8.13. The minimum absolute atomic E-state index is 0.151. The van der Waals surface area contributed by atoms with Crippen molar-refractivity contribution in [3.8, 4) is 0 Å². The van der Waals surface area contributed by atoms with E-state index in [1.54, 1.807) is 0 Å². The summed E-state index contributed by atoms with van der Waals surface area (Å²) < 4.78 is 25.2. The van der Waals surface area contributed by atoms with Gasteiger partial charge >= 0.3 is 0 Å². The fourth-order valence-corrected chi connectivity index (χ4v) is 3.95. The molecule has 0 amide bonds. The molecule has 0 radical (unpaired) electrons. The number of hydrogen-bond acceptors (Lipinski definition) is 6. The number of rotatable bonds is 5. The maximum atomic E-state index is 12.6. The lowest BCUT2D eigenvalue weighted by Gasteiger charge is -2.37. The molecule has 3 fully saturated rings. The van der Waals surface area contributed by atoms with Crippen molar-refractivity contribution in [1.82, 2.24) is 26.7 Å². The predicted molar refractivity (Wildman–Crippen MR) is 83.6 cm³/mol. The van der Waals surface area contributed by atoms with Gasteiger partial charge in [0.25, 0.3) is 6.43 Å². The zero-order chi connectivity index (χ0) is 16.2. The largest absolute Gasteiger partial charge is 0.313 e. The maximum Gasteiger partial charge on any atom is 0.279 e. The van der Waals surface area contributed by atoms with Crippen LogP contribution in [0.3, 0.4) is 0 Å². The Morgan fingerprint density at radius 2 is 1.91 bits per heavy atom. The van der Waals surface area contributed by atoms with Crippen LogP contribution in [0, 0.1) is 11.8 Å². The molecule has 2 aliphatic heterocycles. The molecule has 0 aromatic carbocycles. The number of halogens is 2. The van der Waals surface area contributed by atoms with Crippen molar-refractivity contribution >= 4 is 0 Å². The Morgan fingerprint density at radius 1 is 1.13 bits per heavy atom. The lowest BCUT2D eigenvalue weighted by molar-refractivity contribution is -0.0687. The van der Waals surface area contributed by atoms with E-state index in [0.29, 0.717) is 24.0 Å². The van der Waals surface area contributed by atoms with E-state index in [4.69, 9.17) is 4.84 Å². The van der Waals surface area contributed by atoms with Crippen molar-refractivity contribution < 1.29 is 13.6 Å². The standard InChI is InChI=1S/C15H29F2N5O/c1-9(20-12-8-18-6-7-19-12)10-2-4-11(5-3-10)14-21-15(13(16)17)23-22-14/h9-15,18-22H,2-8H2,1H3/t9-,10?,11?,12?,14?,15?/m1/s1. The van der Waals surface area contributed by atoms with Gasteiger partial charge < -0.3 is 5.32 Å². The highest BCUT2D eigenvalue weighted by Crippen LogP contribution is 2.33. The van der Waals surface area contributed by atoms with Crippen LogP contribution in [0.2, 0.25) is 0 Å². The lowest BCUT2D eigenvalue weighted by Crippen LogP contribution is -2.58. The molecular weight excluding hydrogens is 304 g/mol. The first-order valence-electron chi connectivity index (χ1n) is 8.79. The fraction of sp³-hybridized carbons (Fsp3) is 1.00. The molecule has 6 nitrogen and oxygen atoms in total. The molecule has 8 heteroatoms. The van der Waals surface area contributed by atoms with Gasteiger partial charge in [-0.25, -0.2) is 8.78 Å². The van der Waals surface area contributed by atoms with Crippen molar-refractivity contribution in [2.45, 2.75) is 63.6 Å². The Morgan fingerprint density at radius 3 is 2.52 bits per heavy atom. The number of piperazine rings is 1. The van der Waals surface area contributed by atoms with Gasteiger partial charge in [-0.3, -0.25) is 20.8 Å². The first-order valence-corrected chi connectivity index (χ1v) is 8.79. The third kappa shape index (κ3) is 4.58. The lowest BCUT2D eigenvalue weighted by atomic mass is 9.77. The van der Waals surface area contributed by atoms with Gasteiger partial charge in [-0.05, 0) is 44.4 Å². The molecule has 3 unspecified atom stereocenters. The highest BCUT2D eigenvalue weighted by atomic mass is 19.3. The van der Waals surface area contributed by atoms with E-state index in [-0.39, 0.29) is 6.17 Å². The predicted octanol–water partition coefficient (Wildman–Crippen LogP) is 0.332.